The molecule has 0 aliphatic carbocycles. The summed E-state index contributed by atoms with van der Waals surface area (Å²) >= 11 is 0. The molecule has 0 fully saturated rings. The molecule has 2 N–H and O–H groups in total. The first-order valence-electron chi connectivity index (χ1n) is 5.57. The summed E-state index contributed by atoms with van der Waals surface area (Å²) in [6.45, 7) is 0.832. The number of hydrogen-bond donors (Lipinski definition) is 1. The van der Waals surface area contributed by atoms with E-state index in [2.05, 4.69) is 21.7 Å². The van der Waals surface area contributed by atoms with E-state index in [1.54, 1.807) is 6.20 Å². The maximum atomic E-state index is 5.97. The lowest BCUT2D eigenvalue weighted by Gasteiger charge is -2.04. The third-order valence-electron chi connectivity index (χ3n) is 2.91. The predicted molar refractivity (Wildman–Crippen MR) is 69.7 cm³/mol. The van der Waals surface area contributed by atoms with Gasteiger partial charge in [-0.2, -0.15) is 0 Å². The molecule has 3 rings (SSSR count). The molecule has 84 valence electrons. The Kier molecular flexibility index (Phi) is 2.29. The van der Waals surface area contributed by atoms with E-state index in [1.807, 2.05) is 36.7 Å². The molecule has 3 heteroatoms. The Labute approximate surface area is 99.5 Å². The van der Waals surface area contributed by atoms with Crippen molar-refractivity contribution in [3.63, 3.8) is 0 Å². The Morgan fingerprint density at radius 3 is 2.76 bits per heavy atom. The zero-order valence-corrected chi connectivity index (χ0v) is 9.38. The van der Waals surface area contributed by atoms with Gasteiger partial charge < -0.3 is 10.3 Å². The van der Waals surface area contributed by atoms with Gasteiger partial charge in [0, 0.05) is 30.5 Å². The standard InChI is InChI=1S/C14H13N3/c15-13-10-17(9-11-4-2-1-3-5-11)14-6-7-16-8-12(13)14/h1-8,10H,9,15H2. The van der Waals surface area contributed by atoms with Gasteiger partial charge in [-0.05, 0) is 11.6 Å². The van der Waals surface area contributed by atoms with Crippen molar-refractivity contribution in [1.29, 1.82) is 0 Å². The van der Waals surface area contributed by atoms with Gasteiger partial charge in [-0.15, -0.1) is 0 Å². The fourth-order valence-corrected chi connectivity index (χ4v) is 2.08. The van der Waals surface area contributed by atoms with Crippen LogP contribution in [0, 0.1) is 0 Å². The summed E-state index contributed by atoms with van der Waals surface area (Å²) in [4.78, 5) is 4.10. The maximum absolute atomic E-state index is 5.97. The Balaban J connectivity index is 2.07. The quantitative estimate of drug-likeness (QED) is 0.725. The molecule has 0 bridgehead atoms. The molecule has 0 radical (unpaired) electrons. The summed E-state index contributed by atoms with van der Waals surface area (Å²) < 4.78 is 2.15. The van der Waals surface area contributed by atoms with Gasteiger partial charge in [0.05, 0.1) is 11.2 Å². The predicted octanol–water partition coefficient (Wildman–Crippen LogP) is 2.67. The molecule has 2 aromatic heterocycles. The Bertz CT molecular complexity index is 641. The summed E-state index contributed by atoms with van der Waals surface area (Å²) in [5.41, 5.74) is 9.14. The van der Waals surface area contributed by atoms with E-state index in [0.29, 0.717) is 0 Å². The molecular weight excluding hydrogens is 210 g/mol. The van der Waals surface area contributed by atoms with Crippen LogP contribution >= 0.6 is 0 Å². The van der Waals surface area contributed by atoms with Gasteiger partial charge in [-0.3, -0.25) is 4.98 Å². The smallest absolute Gasteiger partial charge is 0.0589 e. The van der Waals surface area contributed by atoms with Crippen LogP contribution in [0.2, 0.25) is 0 Å². The van der Waals surface area contributed by atoms with Crippen LogP contribution in [0.15, 0.2) is 55.0 Å². The first-order valence-corrected chi connectivity index (χ1v) is 5.57. The molecule has 3 aromatic rings. The summed E-state index contributed by atoms with van der Waals surface area (Å²) in [6.07, 6.45) is 5.58. The van der Waals surface area contributed by atoms with Gasteiger partial charge in [-0.1, -0.05) is 30.3 Å². The van der Waals surface area contributed by atoms with Gasteiger partial charge in [0.15, 0.2) is 0 Å². The van der Waals surface area contributed by atoms with E-state index in [-0.39, 0.29) is 0 Å². The minimum Gasteiger partial charge on any atom is -0.397 e. The highest BCUT2D eigenvalue weighted by molar-refractivity contribution is 5.91. The van der Waals surface area contributed by atoms with Crippen molar-refractivity contribution in [1.82, 2.24) is 9.55 Å². The highest BCUT2D eigenvalue weighted by atomic mass is 15.0. The second kappa shape index (κ2) is 3.94. The van der Waals surface area contributed by atoms with Crippen LogP contribution < -0.4 is 5.73 Å². The minimum absolute atomic E-state index is 0.782. The second-order valence-corrected chi connectivity index (χ2v) is 4.09. The van der Waals surface area contributed by atoms with Crippen molar-refractivity contribution >= 4 is 16.6 Å². The Morgan fingerprint density at radius 1 is 1.12 bits per heavy atom. The molecule has 0 aliphatic rings. The SMILES string of the molecule is Nc1cn(Cc2ccccc2)c2ccncc12. The minimum atomic E-state index is 0.782. The molecule has 3 nitrogen and oxygen atoms in total. The fraction of sp³-hybridized carbons (Fsp3) is 0.0714. The van der Waals surface area contributed by atoms with Gasteiger partial charge >= 0.3 is 0 Å². The Morgan fingerprint density at radius 2 is 1.94 bits per heavy atom. The van der Waals surface area contributed by atoms with Gasteiger partial charge in [-0.25, -0.2) is 0 Å². The lowest BCUT2D eigenvalue weighted by molar-refractivity contribution is 0.837. The number of hydrogen-bond acceptors (Lipinski definition) is 2. The highest BCUT2D eigenvalue weighted by Crippen LogP contribution is 2.22. The molecule has 0 amide bonds. The number of rotatable bonds is 2. The van der Waals surface area contributed by atoms with Crippen LogP contribution in [-0.4, -0.2) is 9.55 Å². The second-order valence-electron chi connectivity index (χ2n) is 4.09. The third-order valence-corrected chi connectivity index (χ3v) is 2.91. The number of nitrogens with zero attached hydrogens (tertiary/aromatic N) is 2. The largest absolute Gasteiger partial charge is 0.397 e. The molecule has 0 saturated heterocycles. The van der Waals surface area contributed by atoms with Gasteiger partial charge in [0.1, 0.15) is 0 Å². The van der Waals surface area contributed by atoms with E-state index in [9.17, 15) is 0 Å². The van der Waals surface area contributed by atoms with Crippen molar-refractivity contribution in [3.8, 4) is 0 Å². The van der Waals surface area contributed by atoms with Crippen LogP contribution in [0.25, 0.3) is 10.9 Å². The molecular formula is C14H13N3. The number of fused-ring (bicyclic) bond motifs is 1. The highest BCUT2D eigenvalue weighted by Gasteiger charge is 2.05. The van der Waals surface area contributed by atoms with E-state index in [0.717, 1.165) is 23.1 Å². The zero-order chi connectivity index (χ0) is 11.7. The number of pyridine rings is 1. The van der Waals surface area contributed by atoms with Crippen molar-refractivity contribution in [2.45, 2.75) is 6.54 Å². The maximum Gasteiger partial charge on any atom is 0.0589 e. The fourth-order valence-electron chi connectivity index (χ4n) is 2.08. The third kappa shape index (κ3) is 1.76. The number of aromatic nitrogens is 2. The van der Waals surface area contributed by atoms with Crippen molar-refractivity contribution < 1.29 is 0 Å². The molecule has 0 spiro atoms. The van der Waals surface area contributed by atoms with Crippen molar-refractivity contribution in [2.75, 3.05) is 5.73 Å². The van der Waals surface area contributed by atoms with E-state index in [4.69, 9.17) is 5.73 Å². The molecule has 17 heavy (non-hydrogen) atoms. The summed E-state index contributed by atoms with van der Waals surface area (Å²) in [7, 11) is 0. The average Bonchev–Trinajstić information content (AvgIpc) is 2.69. The molecule has 0 unspecified atom stereocenters. The van der Waals surface area contributed by atoms with Crippen LogP contribution in [0.3, 0.4) is 0 Å². The van der Waals surface area contributed by atoms with Crippen LogP contribution in [0.5, 0.6) is 0 Å². The molecule has 0 aliphatic heterocycles. The lowest BCUT2D eigenvalue weighted by atomic mass is 10.2. The first kappa shape index (κ1) is 9.90. The van der Waals surface area contributed by atoms with E-state index >= 15 is 0 Å². The van der Waals surface area contributed by atoms with Crippen LogP contribution in [0.4, 0.5) is 5.69 Å². The van der Waals surface area contributed by atoms with Crippen LogP contribution in [-0.2, 0) is 6.54 Å². The van der Waals surface area contributed by atoms with Crippen LogP contribution in [0.1, 0.15) is 5.56 Å². The summed E-state index contributed by atoms with van der Waals surface area (Å²) in [5.74, 6) is 0. The first-order chi connectivity index (χ1) is 8.34. The summed E-state index contributed by atoms with van der Waals surface area (Å²) in [5, 5.41) is 1.02. The average molecular weight is 223 g/mol. The van der Waals surface area contributed by atoms with Crippen molar-refractivity contribution in [3.05, 3.63) is 60.6 Å². The number of nitrogens with two attached hydrogens (primary N) is 1. The number of nitrogen functional groups attached to an aromatic ring is 1. The monoisotopic (exact) mass is 223 g/mol. The van der Waals surface area contributed by atoms with E-state index < -0.39 is 0 Å². The van der Waals surface area contributed by atoms with Gasteiger partial charge in [0.2, 0.25) is 0 Å². The summed E-state index contributed by atoms with van der Waals surface area (Å²) in [6, 6.07) is 12.3. The molecule has 2 heterocycles. The van der Waals surface area contributed by atoms with Crippen molar-refractivity contribution in [2.24, 2.45) is 0 Å². The zero-order valence-electron chi connectivity index (χ0n) is 9.38. The molecule has 0 saturated carbocycles. The molecule has 0 atom stereocenters. The number of benzene rings is 1. The Hall–Kier alpha value is -2.29. The number of anilines is 1. The lowest BCUT2D eigenvalue weighted by Crippen LogP contribution is -1.97. The van der Waals surface area contributed by atoms with E-state index in [1.165, 1.54) is 5.56 Å². The van der Waals surface area contributed by atoms with Gasteiger partial charge in [0.25, 0.3) is 0 Å². The molecule has 1 aromatic carbocycles. The topological polar surface area (TPSA) is 43.8 Å². The normalized spacial score (nSPS) is 10.8.